The van der Waals surface area contributed by atoms with Crippen LogP contribution in [0.5, 0.6) is 0 Å². The van der Waals surface area contributed by atoms with Crippen molar-refractivity contribution in [1.29, 1.82) is 0 Å². The van der Waals surface area contributed by atoms with Crippen molar-refractivity contribution in [3.8, 4) is 0 Å². The second-order valence-electron chi connectivity index (χ2n) is 7.93. The van der Waals surface area contributed by atoms with Crippen LogP contribution in [-0.2, 0) is 9.59 Å². The van der Waals surface area contributed by atoms with Gasteiger partial charge >= 0.3 is 0 Å². The Morgan fingerprint density at radius 1 is 1.08 bits per heavy atom. The average molecular weight is 344 g/mol. The average Bonchev–Trinajstić information content (AvgIpc) is 3.20. The molecule has 0 aromatic rings. The van der Waals surface area contributed by atoms with Crippen LogP contribution in [0.15, 0.2) is 17.1 Å². The summed E-state index contributed by atoms with van der Waals surface area (Å²) in [6.07, 6.45) is 12.6. The van der Waals surface area contributed by atoms with E-state index in [-0.39, 0.29) is 35.5 Å². The zero-order valence-electron chi connectivity index (χ0n) is 14.7. The molecular weight excluding hydrogens is 316 g/mol. The largest absolute Gasteiger partial charge is 0.370 e. The number of carbonyl (C=O) groups excluding carboxylic acids is 2. The number of amides is 2. The molecule has 0 spiro atoms. The van der Waals surface area contributed by atoms with Crippen molar-refractivity contribution < 1.29 is 9.59 Å². The third-order valence-corrected chi connectivity index (χ3v) is 6.37. The molecule has 0 radical (unpaired) electrons. The maximum Gasteiger partial charge on any atom is 0.233 e. The minimum Gasteiger partial charge on any atom is -0.370 e. The van der Waals surface area contributed by atoms with Crippen molar-refractivity contribution in [2.45, 2.75) is 51.0 Å². The fourth-order valence-electron chi connectivity index (χ4n) is 5.13. The Morgan fingerprint density at radius 2 is 1.68 bits per heavy atom. The first-order valence-corrected chi connectivity index (χ1v) is 9.75. The van der Waals surface area contributed by atoms with Crippen LogP contribution in [0, 0.1) is 23.7 Å². The highest BCUT2D eigenvalue weighted by Gasteiger charge is 2.58. The predicted octanol–water partition coefficient (Wildman–Crippen LogP) is 1.42. The summed E-state index contributed by atoms with van der Waals surface area (Å²) >= 11 is 0. The molecule has 2 bridgehead atoms. The smallest absolute Gasteiger partial charge is 0.233 e. The van der Waals surface area contributed by atoms with E-state index in [4.69, 9.17) is 5.73 Å². The van der Waals surface area contributed by atoms with E-state index in [2.05, 4.69) is 22.5 Å². The molecule has 1 saturated heterocycles. The van der Waals surface area contributed by atoms with Gasteiger partial charge in [0.15, 0.2) is 5.96 Å². The van der Waals surface area contributed by atoms with E-state index in [9.17, 15) is 9.59 Å². The summed E-state index contributed by atoms with van der Waals surface area (Å²) in [5.41, 5.74) is 6.00. The van der Waals surface area contributed by atoms with Crippen LogP contribution < -0.4 is 11.1 Å². The van der Waals surface area contributed by atoms with E-state index < -0.39 is 0 Å². The Balaban J connectivity index is 1.30. The van der Waals surface area contributed by atoms with Crippen molar-refractivity contribution in [3.05, 3.63) is 12.2 Å². The van der Waals surface area contributed by atoms with Crippen LogP contribution in [0.2, 0.25) is 0 Å². The van der Waals surface area contributed by atoms with Gasteiger partial charge in [-0.15, -0.1) is 0 Å². The van der Waals surface area contributed by atoms with Crippen LogP contribution in [0.25, 0.3) is 0 Å². The summed E-state index contributed by atoms with van der Waals surface area (Å²) < 4.78 is 0. The number of aliphatic imine (C=N–C) groups is 1. The van der Waals surface area contributed by atoms with Crippen molar-refractivity contribution >= 4 is 17.8 Å². The van der Waals surface area contributed by atoms with Gasteiger partial charge in [-0.2, -0.15) is 0 Å². The summed E-state index contributed by atoms with van der Waals surface area (Å²) in [7, 11) is 0. The van der Waals surface area contributed by atoms with E-state index in [0.29, 0.717) is 25.1 Å². The SMILES string of the molecule is NC(=NCCN1C(=O)C2C3C=CC(C3)C2C1=O)NC1CCCCCC1. The zero-order chi connectivity index (χ0) is 17.4. The van der Waals surface area contributed by atoms with E-state index >= 15 is 0 Å². The standard InChI is InChI=1S/C19H28N4O2/c20-19(22-14-5-3-1-2-4-6-14)21-9-10-23-17(24)15-12-7-8-13(11-12)16(15)18(23)25/h7-8,12-16H,1-6,9-11H2,(H3,20,21,22). The number of carbonyl (C=O) groups is 2. The maximum atomic E-state index is 12.6. The highest BCUT2D eigenvalue weighted by Crippen LogP contribution is 2.52. The maximum absolute atomic E-state index is 12.6. The Kier molecular flexibility index (Phi) is 4.52. The predicted molar refractivity (Wildman–Crippen MR) is 95.6 cm³/mol. The summed E-state index contributed by atoms with van der Waals surface area (Å²) in [6, 6.07) is 0.405. The highest BCUT2D eigenvalue weighted by atomic mass is 16.2. The molecule has 1 heterocycles. The van der Waals surface area contributed by atoms with Gasteiger partial charge in [0.05, 0.1) is 18.4 Å². The number of rotatable bonds is 4. The first-order chi connectivity index (χ1) is 12.1. The van der Waals surface area contributed by atoms with Crippen molar-refractivity contribution in [2.75, 3.05) is 13.1 Å². The number of fused-ring (bicyclic) bond motifs is 5. The molecule has 3 aliphatic carbocycles. The van der Waals surface area contributed by atoms with Gasteiger partial charge < -0.3 is 11.1 Å². The Hall–Kier alpha value is -1.85. The molecule has 3 fully saturated rings. The normalized spacial score (nSPS) is 35.4. The molecule has 4 rings (SSSR count). The molecule has 1 aliphatic heterocycles. The third kappa shape index (κ3) is 3.07. The summed E-state index contributed by atoms with van der Waals surface area (Å²) in [4.78, 5) is 31.0. The molecule has 6 nitrogen and oxygen atoms in total. The number of imide groups is 1. The molecule has 2 saturated carbocycles. The highest BCUT2D eigenvalue weighted by molar-refractivity contribution is 6.06. The van der Waals surface area contributed by atoms with Gasteiger partial charge in [-0.1, -0.05) is 37.8 Å². The number of allylic oxidation sites excluding steroid dienone is 2. The molecule has 4 aliphatic rings. The molecular formula is C19H28N4O2. The Bertz CT molecular complexity index is 577. The molecule has 0 aromatic carbocycles. The number of guanidine groups is 1. The number of hydrogen-bond acceptors (Lipinski definition) is 3. The molecule has 4 atom stereocenters. The second-order valence-corrected chi connectivity index (χ2v) is 7.93. The number of nitrogens with one attached hydrogen (secondary N) is 1. The summed E-state index contributed by atoms with van der Waals surface area (Å²) in [6.45, 7) is 0.725. The molecule has 136 valence electrons. The lowest BCUT2D eigenvalue weighted by atomic mass is 9.85. The lowest BCUT2D eigenvalue weighted by molar-refractivity contribution is -0.140. The molecule has 3 N–H and O–H groups in total. The van der Waals surface area contributed by atoms with Gasteiger partial charge in [0.1, 0.15) is 0 Å². The van der Waals surface area contributed by atoms with Gasteiger partial charge in [-0.3, -0.25) is 19.5 Å². The number of nitrogens with zero attached hydrogens (tertiary/aromatic N) is 2. The number of nitrogens with two attached hydrogens (primary N) is 1. The lowest BCUT2D eigenvalue weighted by Crippen LogP contribution is -2.41. The fraction of sp³-hybridized carbons (Fsp3) is 0.737. The van der Waals surface area contributed by atoms with Gasteiger partial charge in [0.2, 0.25) is 11.8 Å². The summed E-state index contributed by atoms with van der Waals surface area (Å²) in [5.74, 6) is 0.729. The van der Waals surface area contributed by atoms with Crippen LogP contribution in [0.3, 0.4) is 0 Å². The number of hydrogen-bond donors (Lipinski definition) is 2. The molecule has 4 unspecified atom stereocenters. The van der Waals surface area contributed by atoms with Gasteiger partial charge in [0.25, 0.3) is 0 Å². The minimum atomic E-state index is -0.118. The van der Waals surface area contributed by atoms with E-state index in [1.165, 1.54) is 30.6 Å². The first-order valence-electron chi connectivity index (χ1n) is 9.75. The van der Waals surface area contributed by atoms with Crippen molar-refractivity contribution in [3.63, 3.8) is 0 Å². The first kappa shape index (κ1) is 16.6. The van der Waals surface area contributed by atoms with Crippen LogP contribution >= 0.6 is 0 Å². The fourth-order valence-corrected chi connectivity index (χ4v) is 5.13. The second kappa shape index (κ2) is 6.81. The molecule has 2 amide bonds. The minimum absolute atomic E-state index is 0.00245. The Morgan fingerprint density at radius 3 is 2.28 bits per heavy atom. The van der Waals surface area contributed by atoms with Crippen molar-refractivity contribution in [2.24, 2.45) is 34.4 Å². The van der Waals surface area contributed by atoms with Gasteiger partial charge in [0, 0.05) is 12.6 Å². The van der Waals surface area contributed by atoms with Crippen molar-refractivity contribution in [1.82, 2.24) is 10.2 Å². The van der Waals surface area contributed by atoms with E-state index in [1.807, 2.05) is 0 Å². The van der Waals surface area contributed by atoms with Gasteiger partial charge in [-0.05, 0) is 31.1 Å². The summed E-state index contributed by atoms with van der Waals surface area (Å²) in [5, 5.41) is 3.30. The topological polar surface area (TPSA) is 87.8 Å². The van der Waals surface area contributed by atoms with E-state index in [1.54, 1.807) is 0 Å². The number of likely N-dealkylation sites (tertiary alicyclic amines) is 1. The van der Waals surface area contributed by atoms with Crippen LogP contribution in [0.4, 0.5) is 0 Å². The monoisotopic (exact) mass is 344 g/mol. The lowest BCUT2D eigenvalue weighted by Gasteiger charge is -2.18. The Labute approximate surface area is 148 Å². The van der Waals surface area contributed by atoms with Crippen LogP contribution in [0.1, 0.15) is 44.9 Å². The van der Waals surface area contributed by atoms with E-state index in [0.717, 1.165) is 19.3 Å². The third-order valence-electron chi connectivity index (χ3n) is 6.37. The zero-order valence-corrected chi connectivity index (χ0v) is 14.7. The molecule has 0 aromatic heterocycles. The molecule has 6 heteroatoms. The van der Waals surface area contributed by atoms with Gasteiger partial charge in [-0.25, -0.2) is 0 Å². The quantitative estimate of drug-likeness (QED) is 0.265. The van der Waals surface area contributed by atoms with Crippen LogP contribution in [-0.4, -0.2) is 41.8 Å². The molecule has 25 heavy (non-hydrogen) atoms.